The number of nitrogens with zero attached hydrogens (tertiary/aromatic N) is 2. The number of carbonyl (C=O) groups excluding carboxylic acids is 1. The van der Waals surface area contributed by atoms with Crippen molar-refractivity contribution < 1.29 is 4.79 Å². The molecule has 1 heterocycles. The number of rotatable bonds is 7. The highest BCUT2D eigenvalue weighted by atomic mass is 32.2. The lowest BCUT2D eigenvalue weighted by molar-refractivity contribution is -0.120. The van der Waals surface area contributed by atoms with Gasteiger partial charge in [-0.1, -0.05) is 61.2 Å². The van der Waals surface area contributed by atoms with E-state index in [4.69, 9.17) is 0 Å². The molecule has 0 atom stereocenters. The maximum absolute atomic E-state index is 12.0. The minimum Gasteiger partial charge on any atom is -0.300 e. The van der Waals surface area contributed by atoms with Gasteiger partial charge in [-0.3, -0.25) is 4.79 Å². The number of anilines is 1. The zero-order chi connectivity index (χ0) is 15.9. The molecule has 2 aromatic rings. The smallest absolute Gasteiger partial charge is 0.229 e. The van der Waals surface area contributed by atoms with Crippen LogP contribution in [0.2, 0.25) is 0 Å². The van der Waals surface area contributed by atoms with Gasteiger partial charge in [0.25, 0.3) is 0 Å². The summed E-state index contributed by atoms with van der Waals surface area (Å²) < 4.78 is 0.878. The van der Waals surface area contributed by atoms with E-state index in [2.05, 4.69) is 34.6 Å². The topological polar surface area (TPSA) is 54.9 Å². The molecule has 6 heteroatoms. The third kappa shape index (κ3) is 4.55. The van der Waals surface area contributed by atoms with E-state index in [9.17, 15) is 4.79 Å². The Hall–Kier alpha value is -1.40. The lowest BCUT2D eigenvalue weighted by Crippen LogP contribution is -2.21. The van der Waals surface area contributed by atoms with Crippen molar-refractivity contribution in [1.82, 2.24) is 10.2 Å². The van der Waals surface area contributed by atoms with Crippen molar-refractivity contribution >= 4 is 34.1 Å². The van der Waals surface area contributed by atoms with Gasteiger partial charge < -0.3 is 5.32 Å². The van der Waals surface area contributed by atoms with Crippen LogP contribution < -0.4 is 5.32 Å². The van der Waals surface area contributed by atoms with Crippen molar-refractivity contribution in [2.75, 3.05) is 5.32 Å². The molecule has 0 radical (unpaired) electrons. The lowest BCUT2D eigenvalue weighted by Gasteiger charge is -2.09. The average Bonchev–Trinajstić information content (AvgIpc) is 2.95. The maximum atomic E-state index is 12.0. The van der Waals surface area contributed by atoms with Gasteiger partial charge in [0, 0.05) is 11.7 Å². The zero-order valence-electron chi connectivity index (χ0n) is 13.1. The maximum Gasteiger partial charge on any atom is 0.229 e. The first kappa shape index (κ1) is 17.0. The highest BCUT2D eigenvalue weighted by Crippen LogP contribution is 2.29. The number of carbonyl (C=O) groups is 1. The second-order valence-corrected chi connectivity index (χ2v) is 7.29. The SMILES string of the molecule is CCC(CC)C(=O)Nc1nnc(SCc2ccccc2C)s1. The van der Waals surface area contributed by atoms with Crippen molar-refractivity contribution in [2.24, 2.45) is 5.92 Å². The van der Waals surface area contributed by atoms with Gasteiger partial charge in [-0.15, -0.1) is 10.2 Å². The molecule has 0 fully saturated rings. The number of benzene rings is 1. The van der Waals surface area contributed by atoms with Crippen LogP contribution in [-0.2, 0) is 10.5 Å². The molecule has 22 heavy (non-hydrogen) atoms. The van der Waals surface area contributed by atoms with E-state index in [0.29, 0.717) is 5.13 Å². The Morgan fingerprint density at radius 1 is 1.27 bits per heavy atom. The molecule has 1 amide bonds. The summed E-state index contributed by atoms with van der Waals surface area (Å²) >= 11 is 3.08. The highest BCUT2D eigenvalue weighted by molar-refractivity contribution is 8.00. The molecule has 0 saturated carbocycles. The number of thioether (sulfide) groups is 1. The summed E-state index contributed by atoms with van der Waals surface area (Å²) in [4.78, 5) is 12.0. The van der Waals surface area contributed by atoms with E-state index in [0.717, 1.165) is 22.9 Å². The number of nitrogens with one attached hydrogen (secondary N) is 1. The quantitative estimate of drug-likeness (QED) is 0.597. The highest BCUT2D eigenvalue weighted by Gasteiger charge is 2.16. The molecule has 0 aliphatic rings. The molecule has 0 unspecified atom stereocenters. The average molecular weight is 335 g/mol. The molecule has 0 aliphatic heterocycles. The number of aromatic nitrogens is 2. The van der Waals surface area contributed by atoms with Gasteiger partial charge in [0.2, 0.25) is 11.0 Å². The molecule has 0 saturated heterocycles. The summed E-state index contributed by atoms with van der Waals surface area (Å²) in [5.41, 5.74) is 2.58. The summed E-state index contributed by atoms with van der Waals surface area (Å²) in [6.45, 7) is 6.16. The van der Waals surface area contributed by atoms with Gasteiger partial charge in [0.15, 0.2) is 4.34 Å². The van der Waals surface area contributed by atoms with Crippen LogP contribution in [0.15, 0.2) is 28.6 Å². The molecular weight excluding hydrogens is 314 g/mol. The van der Waals surface area contributed by atoms with Crippen LogP contribution in [0.4, 0.5) is 5.13 Å². The van der Waals surface area contributed by atoms with Crippen molar-refractivity contribution in [3.05, 3.63) is 35.4 Å². The summed E-state index contributed by atoms with van der Waals surface area (Å²) in [6.07, 6.45) is 1.69. The Kier molecular flexibility index (Phi) is 6.39. The van der Waals surface area contributed by atoms with E-state index >= 15 is 0 Å². The Labute approximate surface area is 139 Å². The molecule has 1 aromatic carbocycles. The number of aryl methyl sites for hydroxylation is 1. The molecule has 0 bridgehead atoms. The van der Waals surface area contributed by atoms with Gasteiger partial charge in [0.1, 0.15) is 0 Å². The fourth-order valence-electron chi connectivity index (χ4n) is 2.10. The molecule has 1 aromatic heterocycles. The van der Waals surface area contributed by atoms with Gasteiger partial charge in [0.05, 0.1) is 0 Å². The summed E-state index contributed by atoms with van der Waals surface area (Å²) in [5, 5.41) is 11.7. The zero-order valence-corrected chi connectivity index (χ0v) is 14.8. The third-order valence-electron chi connectivity index (χ3n) is 3.61. The van der Waals surface area contributed by atoms with Crippen LogP contribution in [0, 0.1) is 12.8 Å². The Morgan fingerprint density at radius 3 is 2.68 bits per heavy atom. The fourth-order valence-corrected chi connectivity index (χ4v) is 3.93. The number of hydrogen-bond donors (Lipinski definition) is 1. The Balaban J connectivity index is 1.92. The molecule has 118 valence electrons. The minimum atomic E-state index is 0.0385. The van der Waals surface area contributed by atoms with Crippen molar-refractivity contribution in [1.29, 1.82) is 0 Å². The van der Waals surface area contributed by atoms with Gasteiger partial charge in [-0.05, 0) is 30.9 Å². The van der Waals surface area contributed by atoms with Crippen molar-refractivity contribution in [3.8, 4) is 0 Å². The van der Waals surface area contributed by atoms with Crippen molar-refractivity contribution in [2.45, 2.75) is 43.7 Å². The molecule has 4 nitrogen and oxygen atoms in total. The van der Waals surface area contributed by atoms with Crippen molar-refractivity contribution in [3.63, 3.8) is 0 Å². The van der Waals surface area contributed by atoms with E-state index in [1.54, 1.807) is 11.8 Å². The predicted molar refractivity (Wildman–Crippen MR) is 93.4 cm³/mol. The van der Waals surface area contributed by atoms with Crippen LogP contribution in [0.25, 0.3) is 0 Å². The fraction of sp³-hybridized carbons (Fsp3) is 0.438. The van der Waals surface area contributed by atoms with Crippen LogP contribution in [-0.4, -0.2) is 16.1 Å². The standard InChI is InChI=1S/C16H21N3OS2/c1-4-12(5-2)14(20)17-15-18-19-16(22-15)21-10-13-9-7-6-8-11(13)3/h6-9,12H,4-5,10H2,1-3H3,(H,17,18,20). The number of amides is 1. The monoisotopic (exact) mass is 335 g/mol. The van der Waals surface area contributed by atoms with Crippen LogP contribution in [0.1, 0.15) is 37.8 Å². The summed E-state index contributed by atoms with van der Waals surface area (Å²) in [6, 6.07) is 8.32. The first-order valence-corrected chi connectivity index (χ1v) is 9.25. The molecular formula is C16H21N3OS2. The first-order chi connectivity index (χ1) is 10.6. The minimum absolute atomic E-state index is 0.0385. The summed E-state index contributed by atoms with van der Waals surface area (Å²) in [5.74, 6) is 0.950. The lowest BCUT2D eigenvalue weighted by atomic mass is 10.0. The number of hydrogen-bond acceptors (Lipinski definition) is 5. The largest absolute Gasteiger partial charge is 0.300 e. The van der Waals surface area contributed by atoms with E-state index in [-0.39, 0.29) is 11.8 Å². The van der Waals surface area contributed by atoms with Gasteiger partial charge in [-0.25, -0.2) is 0 Å². The van der Waals surface area contributed by atoms with E-state index < -0.39 is 0 Å². The van der Waals surface area contributed by atoms with E-state index in [1.165, 1.54) is 22.5 Å². The van der Waals surface area contributed by atoms with Gasteiger partial charge in [-0.2, -0.15) is 0 Å². The van der Waals surface area contributed by atoms with Crippen LogP contribution in [0.5, 0.6) is 0 Å². The summed E-state index contributed by atoms with van der Waals surface area (Å²) in [7, 11) is 0. The normalized spacial score (nSPS) is 10.9. The second-order valence-electron chi connectivity index (χ2n) is 5.09. The van der Waals surface area contributed by atoms with Gasteiger partial charge >= 0.3 is 0 Å². The Morgan fingerprint density at radius 2 is 2.00 bits per heavy atom. The molecule has 2 rings (SSSR count). The molecule has 0 aliphatic carbocycles. The Bertz CT molecular complexity index is 623. The molecule has 1 N–H and O–H groups in total. The van der Waals surface area contributed by atoms with Crippen LogP contribution >= 0.6 is 23.1 Å². The first-order valence-electron chi connectivity index (χ1n) is 7.45. The third-order valence-corrected chi connectivity index (χ3v) is 5.63. The van der Waals surface area contributed by atoms with Crippen LogP contribution in [0.3, 0.4) is 0 Å². The van der Waals surface area contributed by atoms with E-state index in [1.807, 2.05) is 26.0 Å². The second kappa shape index (κ2) is 8.29. The predicted octanol–water partition coefficient (Wildman–Crippen LogP) is 4.51. The molecule has 0 spiro atoms.